The van der Waals surface area contributed by atoms with Crippen LogP contribution in [0.15, 0.2) is 59.7 Å². The summed E-state index contributed by atoms with van der Waals surface area (Å²) in [5.41, 5.74) is 0.0432. The third-order valence-electron chi connectivity index (χ3n) is 5.14. The number of rotatable bonds is 5. The Morgan fingerprint density at radius 3 is 1.52 bits per heavy atom. The Kier molecular flexibility index (Phi) is 7.44. The van der Waals surface area contributed by atoms with Crippen LogP contribution >= 0.6 is 0 Å². The molecule has 0 radical (unpaired) electrons. The molecule has 9 heteroatoms. The molecule has 1 fully saturated rings. The molecule has 3 nitrogen and oxygen atoms in total. The van der Waals surface area contributed by atoms with Crippen molar-refractivity contribution in [2.45, 2.75) is 12.4 Å². The van der Waals surface area contributed by atoms with E-state index in [9.17, 15) is 31.1 Å². The molecule has 176 valence electrons. The first kappa shape index (κ1) is 24.7. The normalized spacial score (nSPS) is 18.3. The van der Waals surface area contributed by atoms with Gasteiger partial charge in [-0.2, -0.15) is 26.3 Å². The minimum atomic E-state index is -4.46. The van der Waals surface area contributed by atoms with Crippen LogP contribution in [0.4, 0.5) is 26.3 Å². The number of ketones is 1. The average molecular weight is 469 g/mol. The van der Waals surface area contributed by atoms with Crippen LogP contribution in [0, 0.1) is 0 Å². The maximum atomic E-state index is 13.1. The zero-order valence-electron chi connectivity index (χ0n) is 17.6. The molecule has 0 N–H and O–H groups in total. The van der Waals surface area contributed by atoms with Gasteiger partial charge in [0.2, 0.25) is 0 Å². The summed E-state index contributed by atoms with van der Waals surface area (Å²) in [4.78, 5) is 15.0. The van der Waals surface area contributed by atoms with Crippen LogP contribution in [0.2, 0.25) is 0 Å². The van der Waals surface area contributed by atoms with Gasteiger partial charge in [0.1, 0.15) is 0 Å². The molecular formula is C24H21F6NO2. The van der Waals surface area contributed by atoms with Gasteiger partial charge >= 0.3 is 12.4 Å². The highest BCUT2D eigenvalue weighted by Gasteiger charge is 2.31. The quantitative estimate of drug-likeness (QED) is 0.414. The molecular weight excluding hydrogens is 448 g/mol. The van der Waals surface area contributed by atoms with Gasteiger partial charge in [0, 0.05) is 37.9 Å². The van der Waals surface area contributed by atoms with Gasteiger partial charge in [0.15, 0.2) is 5.78 Å². The van der Waals surface area contributed by atoms with Crippen molar-refractivity contribution >= 4 is 17.9 Å². The van der Waals surface area contributed by atoms with Crippen molar-refractivity contribution in [2.24, 2.45) is 0 Å². The Labute approximate surface area is 187 Å². The zero-order chi connectivity index (χ0) is 24.2. The summed E-state index contributed by atoms with van der Waals surface area (Å²) in [5.74, 6) is -0.302. The van der Waals surface area contributed by atoms with Crippen LogP contribution in [0.25, 0.3) is 12.2 Å². The van der Waals surface area contributed by atoms with Crippen molar-refractivity contribution in [3.05, 3.63) is 81.9 Å². The number of nitrogens with zero attached hydrogens (tertiary/aromatic N) is 1. The largest absolute Gasteiger partial charge is 0.416 e. The van der Waals surface area contributed by atoms with Crippen molar-refractivity contribution in [1.82, 2.24) is 4.90 Å². The SMILES string of the molecule is COCCN1C/C(=C\c2ccc(C(F)(F)F)cc2)C(=O)/C(=C/c2ccc(C(F)(F)F)cc2)C1. The predicted octanol–water partition coefficient (Wildman–Crippen LogP) is 5.72. The number of benzene rings is 2. The van der Waals surface area contributed by atoms with Crippen LogP contribution in [-0.4, -0.2) is 44.0 Å². The van der Waals surface area contributed by atoms with E-state index in [1.807, 2.05) is 4.90 Å². The first-order valence-corrected chi connectivity index (χ1v) is 9.99. The van der Waals surface area contributed by atoms with E-state index in [0.29, 0.717) is 35.4 Å². The second-order valence-electron chi connectivity index (χ2n) is 7.61. The van der Waals surface area contributed by atoms with Crippen molar-refractivity contribution < 1.29 is 35.9 Å². The summed E-state index contributed by atoms with van der Waals surface area (Å²) in [7, 11) is 1.53. The minimum absolute atomic E-state index is 0.271. The molecule has 0 aromatic heterocycles. The van der Waals surface area contributed by atoms with E-state index in [4.69, 9.17) is 4.74 Å². The number of carbonyl (C=O) groups excluding carboxylic acids is 1. The zero-order valence-corrected chi connectivity index (χ0v) is 17.6. The molecule has 0 spiro atoms. The molecule has 1 aliphatic rings. The third kappa shape index (κ3) is 6.55. The van der Waals surface area contributed by atoms with Crippen molar-refractivity contribution in [3.63, 3.8) is 0 Å². The third-order valence-corrected chi connectivity index (χ3v) is 5.14. The fraction of sp³-hybridized carbons (Fsp3) is 0.292. The lowest BCUT2D eigenvalue weighted by molar-refractivity contribution is -0.138. The second kappa shape index (κ2) is 9.93. The van der Waals surface area contributed by atoms with Gasteiger partial charge in [-0.15, -0.1) is 0 Å². The van der Waals surface area contributed by atoms with Gasteiger partial charge in [-0.05, 0) is 47.5 Å². The topological polar surface area (TPSA) is 29.5 Å². The second-order valence-corrected chi connectivity index (χ2v) is 7.61. The summed E-state index contributed by atoms with van der Waals surface area (Å²) in [6, 6.07) is 8.94. The van der Waals surface area contributed by atoms with E-state index in [1.165, 1.54) is 43.5 Å². The summed E-state index contributed by atoms with van der Waals surface area (Å²) < 4.78 is 81.9. The standard InChI is InChI=1S/C24H21F6NO2/c1-33-11-10-31-14-18(12-16-2-6-20(7-3-16)23(25,26)27)22(32)19(15-31)13-17-4-8-21(9-5-17)24(28,29)30/h2-9,12-13H,10-11,14-15H2,1H3/b18-12+,19-13+. The van der Waals surface area contributed by atoms with Crippen LogP contribution in [0.3, 0.4) is 0 Å². The molecule has 1 aliphatic heterocycles. The molecule has 2 aromatic carbocycles. The maximum absolute atomic E-state index is 13.1. The van der Waals surface area contributed by atoms with Gasteiger partial charge < -0.3 is 4.74 Å². The lowest BCUT2D eigenvalue weighted by Gasteiger charge is -2.29. The molecule has 0 amide bonds. The minimum Gasteiger partial charge on any atom is -0.383 e. The van der Waals surface area contributed by atoms with Gasteiger partial charge in [-0.1, -0.05) is 24.3 Å². The summed E-state index contributed by atoms with van der Waals surface area (Å²) >= 11 is 0. The van der Waals surface area contributed by atoms with Gasteiger partial charge in [0.05, 0.1) is 17.7 Å². The Morgan fingerprint density at radius 1 is 0.788 bits per heavy atom. The van der Waals surface area contributed by atoms with E-state index in [1.54, 1.807) is 0 Å². The van der Waals surface area contributed by atoms with Crippen molar-refractivity contribution in [3.8, 4) is 0 Å². The number of carbonyl (C=O) groups is 1. The van der Waals surface area contributed by atoms with Crippen LogP contribution < -0.4 is 0 Å². The van der Waals surface area contributed by atoms with Crippen LogP contribution in [0.1, 0.15) is 22.3 Å². The van der Waals surface area contributed by atoms with E-state index in [0.717, 1.165) is 24.3 Å². The fourth-order valence-corrected chi connectivity index (χ4v) is 3.43. The number of hydrogen-bond acceptors (Lipinski definition) is 3. The number of piperidine rings is 1. The van der Waals surface area contributed by atoms with Gasteiger partial charge in [-0.25, -0.2) is 0 Å². The Morgan fingerprint density at radius 2 is 1.18 bits per heavy atom. The molecule has 0 saturated carbocycles. The molecule has 0 atom stereocenters. The van der Waals surface area contributed by atoms with E-state index < -0.39 is 23.5 Å². The van der Waals surface area contributed by atoms with Gasteiger partial charge in [-0.3, -0.25) is 9.69 Å². The molecule has 3 rings (SSSR count). The fourth-order valence-electron chi connectivity index (χ4n) is 3.43. The smallest absolute Gasteiger partial charge is 0.383 e. The van der Waals surface area contributed by atoms with Crippen molar-refractivity contribution in [1.29, 1.82) is 0 Å². The Balaban J connectivity index is 1.90. The summed E-state index contributed by atoms with van der Waals surface area (Å²) in [5, 5.41) is 0. The summed E-state index contributed by atoms with van der Waals surface area (Å²) in [6.45, 7) is 1.44. The maximum Gasteiger partial charge on any atom is 0.416 e. The molecule has 1 heterocycles. The van der Waals surface area contributed by atoms with E-state index in [2.05, 4.69) is 0 Å². The van der Waals surface area contributed by atoms with Crippen LogP contribution in [-0.2, 0) is 21.9 Å². The number of halogens is 6. The first-order valence-electron chi connectivity index (χ1n) is 9.99. The molecule has 0 bridgehead atoms. The number of alkyl halides is 6. The number of hydrogen-bond donors (Lipinski definition) is 0. The van der Waals surface area contributed by atoms with E-state index in [-0.39, 0.29) is 18.9 Å². The first-order chi connectivity index (χ1) is 15.5. The molecule has 33 heavy (non-hydrogen) atoms. The highest BCUT2D eigenvalue weighted by Crippen LogP contribution is 2.31. The summed E-state index contributed by atoms with van der Waals surface area (Å²) in [6.07, 6.45) is -5.86. The highest BCUT2D eigenvalue weighted by molar-refractivity contribution is 6.14. The number of ether oxygens (including phenoxy) is 1. The lowest BCUT2D eigenvalue weighted by atomic mass is 9.94. The number of likely N-dealkylation sites (tertiary alicyclic amines) is 1. The molecule has 2 aromatic rings. The Hall–Kier alpha value is -2.91. The lowest BCUT2D eigenvalue weighted by Crippen LogP contribution is -2.39. The monoisotopic (exact) mass is 469 g/mol. The van der Waals surface area contributed by atoms with Crippen molar-refractivity contribution in [2.75, 3.05) is 33.4 Å². The van der Waals surface area contributed by atoms with Crippen LogP contribution in [0.5, 0.6) is 0 Å². The Bertz CT molecular complexity index is 955. The van der Waals surface area contributed by atoms with Gasteiger partial charge in [0.25, 0.3) is 0 Å². The number of methoxy groups -OCH3 is 1. The molecule has 1 saturated heterocycles. The molecule has 0 aliphatic carbocycles. The highest BCUT2D eigenvalue weighted by atomic mass is 19.4. The molecule has 0 unspecified atom stereocenters. The number of Topliss-reactive ketones (excluding diaryl/α,β-unsaturated/α-hetero) is 1. The average Bonchev–Trinajstić information content (AvgIpc) is 2.74. The van der Waals surface area contributed by atoms with E-state index >= 15 is 0 Å². The predicted molar refractivity (Wildman–Crippen MR) is 112 cm³/mol.